The van der Waals surface area contributed by atoms with Crippen molar-refractivity contribution in [3.8, 4) is 11.5 Å². The molecule has 228 valence electrons. The van der Waals surface area contributed by atoms with Crippen LogP contribution in [-0.4, -0.2) is 52.0 Å². The molecule has 44 heavy (non-hydrogen) atoms. The summed E-state index contributed by atoms with van der Waals surface area (Å²) in [4.78, 5) is 24.4. The Labute approximate surface area is 253 Å². The van der Waals surface area contributed by atoms with E-state index in [1.807, 2.05) is 0 Å². The summed E-state index contributed by atoms with van der Waals surface area (Å²) in [6.07, 6.45) is 2.40. The molecule has 0 unspecified atom stereocenters. The van der Waals surface area contributed by atoms with Gasteiger partial charge in [0.25, 0.3) is 32.1 Å². The monoisotopic (exact) mass is 638 g/mol. The average Bonchev–Trinajstić information content (AvgIpc) is 2.99. The second kappa shape index (κ2) is 13.1. The van der Waals surface area contributed by atoms with Gasteiger partial charge in [0, 0.05) is 11.4 Å². The summed E-state index contributed by atoms with van der Waals surface area (Å²) < 4.78 is 79.0. The van der Waals surface area contributed by atoms with Crippen molar-refractivity contribution in [2.24, 2.45) is 0 Å². The molecule has 4 aromatic carbocycles. The summed E-state index contributed by atoms with van der Waals surface area (Å²) in [5.41, 5.74) is 0.342. The maximum Gasteiger partial charge on any atom is 0.295 e. The van der Waals surface area contributed by atoms with Crippen molar-refractivity contribution in [1.29, 1.82) is 0 Å². The van der Waals surface area contributed by atoms with Crippen LogP contribution in [0.2, 0.25) is 0 Å². The van der Waals surface area contributed by atoms with Crippen molar-refractivity contribution in [3.05, 3.63) is 107 Å². The van der Waals surface area contributed by atoms with Crippen molar-refractivity contribution in [1.82, 2.24) is 0 Å². The van der Waals surface area contributed by atoms with Crippen molar-refractivity contribution in [2.45, 2.75) is 9.79 Å². The Morgan fingerprint density at radius 3 is 1.32 bits per heavy atom. The second-order valence-corrected chi connectivity index (χ2v) is 11.9. The number of nitrogens with one attached hydrogen (secondary N) is 2. The highest BCUT2D eigenvalue weighted by Crippen LogP contribution is 2.28. The largest absolute Gasteiger partial charge is 0.496 e. The molecule has 4 rings (SSSR count). The van der Waals surface area contributed by atoms with Crippen molar-refractivity contribution in [3.63, 3.8) is 0 Å². The van der Waals surface area contributed by atoms with E-state index in [1.54, 1.807) is 36.4 Å². The minimum absolute atomic E-state index is 0.0412. The highest BCUT2D eigenvalue weighted by atomic mass is 32.2. The lowest BCUT2D eigenvalue weighted by atomic mass is 10.1. The highest BCUT2D eigenvalue weighted by Gasteiger charge is 2.20. The predicted molar refractivity (Wildman–Crippen MR) is 163 cm³/mol. The van der Waals surface area contributed by atoms with Gasteiger partial charge in [-0.1, -0.05) is 48.6 Å². The summed E-state index contributed by atoms with van der Waals surface area (Å²) in [5.74, 6) is -0.607. The summed E-state index contributed by atoms with van der Waals surface area (Å²) >= 11 is 0. The molecule has 0 heterocycles. The fraction of sp³-hybridized carbons (Fsp3) is 0.0667. The first-order valence-electron chi connectivity index (χ1n) is 12.6. The van der Waals surface area contributed by atoms with E-state index in [-0.39, 0.29) is 33.6 Å². The van der Waals surface area contributed by atoms with Crippen LogP contribution in [0.25, 0.3) is 12.2 Å². The van der Waals surface area contributed by atoms with Crippen molar-refractivity contribution in [2.75, 3.05) is 24.9 Å². The smallest absolute Gasteiger partial charge is 0.295 e. The minimum Gasteiger partial charge on any atom is -0.496 e. The number of hydrogen-bond acceptors (Lipinski definition) is 8. The maximum atomic E-state index is 12.8. The second-order valence-electron chi connectivity index (χ2n) is 9.10. The number of methoxy groups -OCH3 is 2. The Balaban J connectivity index is 1.65. The number of para-hydroxylation sites is 2. The van der Waals surface area contributed by atoms with Gasteiger partial charge in [-0.15, -0.1) is 0 Å². The number of carbonyl (C=O) groups is 2. The first kappa shape index (κ1) is 31.9. The molecule has 0 fully saturated rings. The average molecular weight is 639 g/mol. The standard InChI is InChI=1S/C30H26N2O10S2/c1-41-25-9-5-3-7-23(25)29(33)31-21-15-13-19(27(17-21)43(35,36)37)11-12-20-14-16-22(18-28(20)44(38,39)40)32-30(34)24-8-4-6-10-26(24)42-2/h3-18H,1-2H3,(H,31,33)(H,32,34)(H,35,36,37)(H,38,39,40)/b12-11+. The summed E-state index contributed by atoms with van der Waals surface area (Å²) in [6.45, 7) is 0. The number of rotatable bonds is 10. The van der Waals surface area contributed by atoms with Crippen LogP contribution >= 0.6 is 0 Å². The zero-order chi connectivity index (χ0) is 32.1. The minimum atomic E-state index is -4.82. The molecule has 12 nitrogen and oxygen atoms in total. The third kappa shape index (κ3) is 7.48. The summed E-state index contributed by atoms with van der Waals surface area (Å²) in [7, 11) is -6.85. The lowest BCUT2D eigenvalue weighted by Crippen LogP contribution is -2.14. The molecule has 4 N–H and O–H groups in total. The van der Waals surface area contributed by atoms with E-state index < -0.39 is 41.8 Å². The van der Waals surface area contributed by atoms with Crippen LogP contribution in [0.1, 0.15) is 31.8 Å². The van der Waals surface area contributed by atoms with Crippen LogP contribution in [0.15, 0.2) is 94.7 Å². The summed E-state index contributed by atoms with van der Waals surface area (Å²) in [6, 6.07) is 20.1. The van der Waals surface area contributed by atoms with Gasteiger partial charge in [-0.05, 0) is 59.7 Å². The lowest BCUT2D eigenvalue weighted by molar-refractivity contribution is 0.101. The van der Waals surface area contributed by atoms with Crippen LogP contribution in [-0.2, 0) is 20.2 Å². The molecule has 4 aromatic rings. The van der Waals surface area contributed by atoms with Gasteiger partial charge < -0.3 is 20.1 Å². The molecule has 14 heteroatoms. The van der Waals surface area contributed by atoms with Gasteiger partial charge in [-0.3, -0.25) is 18.7 Å². The Kier molecular flexibility index (Phi) is 9.50. The lowest BCUT2D eigenvalue weighted by Gasteiger charge is -2.12. The Hall–Kier alpha value is -5.02. The molecular formula is C30H26N2O10S2. The molecule has 0 aliphatic carbocycles. The summed E-state index contributed by atoms with van der Waals surface area (Å²) in [5, 5.41) is 5.09. The molecular weight excluding hydrogens is 612 g/mol. The molecule has 0 atom stereocenters. The molecule has 0 spiro atoms. The van der Waals surface area contributed by atoms with E-state index in [1.165, 1.54) is 62.8 Å². The normalized spacial score (nSPS) is 11.6. The van der Waals surface area contributed by atoms with E-state index in [0.717, 1.165) is 12.1 Å². The van der Waals surface area contributed by atoms with E-state index in [4.69, 9.17) is 9.47 Å². The number of ether oxygens (including phenoxy) is 2. The first-order chi connectivity index (χ1) is 20.8. The molecule has 0 radical (unpaired) electrons. The van der Waals surface area contributed by atoms with Gasteiger partial charge in [0.15, 0.2) is 0 Å². The van der Waals surface area contributed by atoms with Gasteiger partial charge in [0.05, 0.1) is 25.3 Å². The maximum absolute atomic E-state index is 12.8. The number of hydrogen-bond donors (Lipinski definition) is 4. The van der Waals surface area contributed by atoms with Crippen LogP contribution in [0.4, 0.5) is 11.4 Å². The molecule has 0 saturated heterocycles. The van der Waals surface area contributed by atoms with Gasteiger partial charge in [0.1, 0.15) is 21.3 Å². The van der Waals surface area contributed by atoms with E-state index in [2.05, 4.69) is 10.6 Å². The number of carbonyl (C=O) groups excluding carboxylic acids is 2. The molecule has 0 aliphatic heterocycles. The van der Waals surface area contributed by atoms with Crippen molar-refractivity contribution < 1.29 is 45.0 Å². The number of benzene rings is 4. The predicted octanol–water partition coefficient (Wildman–Crippen LogP) is 4.87. The van der Waals surface area contributed by atoms with Gasteiger partial charge >= 0.3 is 0 Å². The fourth-order valence-electron chi connectivity index (χ4n) is 4.19. The quantitative estimate of drug-likeness (QED) is 0.138. The van der Waals surface area contributed by atoms with Crippen LogP contribution in [0.3, 0.4) is 0 Å². The topological polar surface area (TPSA) is 185 Å². The van der Waals surface area contributed by atoms with Gasteiger partial charge in [-0.25, -0.2) is 0 Å². The molecule has 0 aromatic heterocycles. The molecule has 0 bridgehead atoms. The third-order valence-electron chi connectivity index (χ3n) is 6.24. The first-order valence-corrected chi connectivity index (χ1v) is 15.5. The SMILES string of the molecule is COc1ccccc1C(=O)Nc1ccc(/C=C/c2ccc(NC(=O)c3ccccc3OC)cc2S(=O)(=O)O)c(S(=O)(=O)O)c1. The third-order valence-corrected chi connectivity index (χ3v) is 8.06. The van der Waals surface area contributed by atoms with Gasteiger partial charge in [0.2, 0.25) is 0 Å². The zero-order valence-corrected chi connectivity index (χ0v) is 24.8. The number of amides is 2. The fourth-order valence-corrected chi connectivity index (χ4v) is 5.61. The number of anilines is 2. The Morgan fingerprint density at radius 2 is 0.977 bits per heavy atom. The van der Waals surface area contributed by atoms with E-state index in [9.17, 15) is 35.5 Å². The zero-order valence-electron chi connectivity index (χ0n) is 23.2. The highest BCUT2D eigenvalue weighted by molar-refractivity contribution is 7.86. The van der Waals surface area contributed by atoms with Crippen LogP contribution in [0, 0.1) is 0 Å². The molecule has 0 aliphatic rings. The molecule has 2 amide bonds. The Bertz CT molecular complexity index is 1850. The van der Waals surface area contributed by atoms with Crippen LogP contribution in [0.5, 0.6) is 11.5 Å². The van der Waals surface area contributed by atoms with E-state index >= 15 is 0 Å². The van der Waals surface area contributed by atoms with Crippen molar-refractivity contribution >= 4 is 55.6 Å². The van der Waals surface area contributed by atoms with Crippen LogP contribution < -0.4 is 20.1 Å². The Morgan fingerprint density at radius 1 is 0.614 bits per heavy atom. The van der Waals surface area contributed by atoms with E-state index in [0.29, 0.717) is 11.5 Å². The molecule has 0 saturated carbocycles. The van der Waals surface area contributed by atoms with Gasteiger partial charge in [-0.2, -0.15) is 16.8 Å².